The van der Waals surface area contributed by atoms with Crippen LogP contribution in [0.3, 0.4) is 0 Å². The Kier molecular flexibility index (Phi) is 5.62. The molecule has 5 rings (SSSR count). The molecule has 2 heterocycles. The lowest BCUT2D eigenvalue weighted by atomic mass is 10.1. The van der Waals surface area contributed by atoms with Crippen molar-refractivity contribution in [3.05, 3.63) is 97.8 Å². The number of hydrogen-bond acceptors (Lipinski definition) is 4. The lowest BCUT2D eigenvalue weighted by molar-refractivity contribution is 0.0650. The maximum absolute atomic E-state index is 13.7. The molecule has 3 aromatic carbocycles. The number of halogens is 3. The first-order valence-electron chi connectivity index (χ1n) is 9.75. The van der Waals surface area contributed by atoms with Gasteiger partial charge in [-0.15, -0.1) is 11.3 Å². The number of carbonyl (C=O) groups is 3. The van der Waals surface area contributed by atoms with Crippen molar-refractivity contribution < 1.29 is 14.4 Å². The van der Waals surface area contributed by atoms with E-state index in [1.54, 1.807) is 66.7 Å². The van der Waals surface area contributed by atoms with Gasteiger partial charge in [-0.2, -0.15) is 0 Å². The van der Waals surface area contributed by atoms with E-state index in [0.717, 1.165) is 9.60 Å². The fourth-order valence-electron chi connectivity index (χ4n) is 3.69. The van der Waals surface area contributed by atoms with Gasteiger partial charge in [0.05, 0.1) is 16.1 Å². The zero-order chi connectivity index (χ0) is 23.3. The van der Waals surface area contributed by atoms with Crippen LogP contribution in [0.1, 0.15) is 30.4 Å². The van der Waals surface area contributed by atoms with E-state index >= 15 is 0 Å². The van der Waals surface area contributed by atoms with Gasteiger partial charge >= 0.3 is 0 Å². The van der Waals surface area contributed by atoms with Gasteiger partial charge in [0.1, 0.15) is 11.5 Å². The molecule has 1 aliphatic heterocycles. The van der Waals surface area contributed by atoms with E-state index in [-0.39, 0.29) is 16.6 Å². The highest BCUT2D eigenvalue weighted by atomic mass is 35.5. The zero-order valence-electron chi connectivity index (χ0n) is 16.7. The van der Waals surface area contributed by atoms with E-state index in [4.69, 9.17) is 34.8 Å². The maximum Gasteiger partial charge on any atom is 0.271 e. The molecule has 0 atom stereocenters. The van der Waals surface area contributed by atoms with Crippen LogP contribution in [-0.4, -0.2) is 29.3 Å². The number of benzene rings is 3. The van der Waals surface area contributed by atoms with Crippen LogP contribution in [0.4, 0.5) is 5.69 Å². The third-order valence-electron chi connectivity index (χ3n) is 5.33. The lowest BCUT2D eigenvalue weighted by Gasteiger charge is -2.27. The molecule has 0 fully saturated rings. The van der Waals surface area contributed by atoms with E-state index in [1.807, 2.05) is 0 Å². The molecule has 0 aliphatic carbocycles. The molecule has 0 radical (unpaired) electrons. The molecule has 0 spiro atoms. The summed E-state index contributed by atoms with van der Waals surface area (Å²) in [6.07, 6.45) is 0. The first-order valence-corrected chi connectivity index (χ1v) is 11.7. The average molecular weight is 516 g/mol. The minimum absolute atomic E-state index is 0.278. The van der Waals surface area contributed by atoms with E-state index in [0.29, 0.717) is 32.2 Å². The van der Waals surface area contributed by atoms with Gasteiger partial charge in [0, 0.05) is 25.8 Å². The van der Waals surface area contributed by atoms with E-state index < -0.39 is 17.7 Å². The standard InChI is InChI=1S/C24H13Cl3N2O3S/c25-13-5-8-15(9-6-13)28(12-29-22(30)16-3-1-2-4-17(16)23(29)31)24(32)21-20(27)18-10-7-14(26)11-19(18)33-21/h1-11H,12H2. The highest BCUT2D eigenvalue weighted by molar-refractivity contribution is 7.21. The average Bonchev–Trinajstić information content (AvgIpc) is 3.26. The molecule has 1 aromatic heterocycles. The first-order chi connectivity index (χ1) is 15.8. The van der Waals surface area contributed by atoms with Crippen molar-refractivity contribution >= 4 is 79.6 Å². The van der Waals surface area contributed by atoms with Crippen LogP contribution in [0, 0.1) is 0 Å². The quantitative estimate of drug-likeness (QED) is 0.282. The van der Waals surface area contributed by atoms with Gasteiger partial charge in [0.15, 0.2) is 0 Å². The summed E-state index contributed by atoms with van der Waals surface area (Å²) < 4.78 is 0.757. The molecule has 0 saturated carbocycles. The Morgan fingerprint density at radius 1 is 0.848 bits per heavy atom. The lowest BCUT2D eigenvalue weighted by Crippen LogP contribution is -2.44. The summed E-state index contributed by atoms with van der Waals surface area (Å²) in [4.78, 5) is 42.3. The molecule has 1 aliphatic rings. The Hall–Kier alpha value is -2.90. The van der Waals surface area contributed by atoms with Gasteiger partial charge in [-0.3, -0.25) is 24.2 Å². The van der Waals surface area contributed by atoms with E-state index in [2.05, 4.69) is 0 Å². The van der Waals surface area contributed by atoms with Crippen LogP contribution in [0.5, 0.6) is 0 Å². The molecule has 0 N–H and O–H groups in total. The monoisotopic (exact) mass is 514 g/mol. The molecule has 33 heavy (non-hydrogen) atoms. The van der Waals surface area contributed by atoms with Crippen molar-refractivity contribution in [2.45, 2.75) is 0 Å². The Labute approximate surface area is 207 Å². The summed E-state index contributed by atoms with van der Waals surface area (Å²) in [6.45, 7) is -0.280. The highest BCUT2D eigenvalue weighted by Crippen LogP contribution is 2.38. The molecule has 3 amide bonds. The van der Waals surface area contributed by atoms with Gasteiger partial charge in [-0.05, 0) is 48.5 Å². The molecular formula is C24H13Cl3N2O3S. The van der Waals surface area contributed by atoms with Crippen molar-refractivity contribution in [3.63, 3.8) is 0 Å². The third-order valence-corrected chi connectivity index (χ3v) is 7.46. The fourth-order valence-corrected chi connectivity index (χ4v) is 5.56. The van der Waals surface area contributed by atoms with Crippen molar-refractivity contribution in [2.75, 3.05) is 11.6 Å². The number of anilines is 1. The normalized spacial score (nSPS) is 13.0. The number of carbonyl (C=O) groups excluding carboxylic acids is 3. The first kappa shape index (κ1) is 21.9. The second kappa shape index (κ2) is 8.47. The van der Waals surface area contributed by atoms with E-state index in [1.165, 1.54) is 16.2 Å². The van der Waals surface area contributed by atoms with Crippen LogP contribution in [0.25, 0.3) is 10.1 Å². The number of imide groups is 1. The highest BCUT2D eigenvalue weighted by Gasteiger charge is 2.38. The number of fused-ring (bicyclic) bond motifs is 2. The Balaban J connectivity index is 1.57. The molecule has 0 unspecified atom stereocenters. The Bertz CT molecular complexity index is 1410. The van der Waals surface area contributed by atoms with Crippen molar-refractivity contribution in [1.29, 1.82) is 0 Å². The maximum atomic E-state index is 13.7. The van der Waals surface area contributed by atoms with Gasteiger partial charge < -0.3 is 0 Å². The molecule has 4 aromatic rings. The summed E-state index contributed by atoms with van der Waals surface area (Å²) in [5.74, 6) is -1.37. The molecule has 5 nitrogen and oxygen atoms in total. The summed E-state index contributed by atoms with van der Waals surface area (Å²) >= 11 is 19.9. The molecule has 0 bridgehead atoms. The number of amides is 3. The summed E-state index contributed by atoms with van der Waals surface area (Å²) in [6, 6.07) is 18.3. The molecular weight excluding hydrogens is 503 g/mol. The second-order valence-corrected chi connectivity index (χ2v) is 9.62. The number of nitrogens with zero attached hydrogens (tertiary/aromatic N) is 2. The second-order valence-electron chi connectivity index (χ2n) is 7.32. The third kappa shape index (κ3) is 3.79. The smallest absolute Gasteiger partial charge is 0.271 e. The predicted molar refractivity (Wildman–Crippen MR) is 132 cm³/mol. The summed E-state index contributed by atoms with van der Waals surface area (Å²) in [7, 11) is 0. The Morgan fingerprint density at radius 2 is 1.45 bits per heavy atom. The Morgan fingerprint density at radius 3 is 2.09 bits per heavy atom. The van der Waals surface area contributed by atoms with Crippen LogP contribution in [-0.2, 0) is 0 Å². The van der Waals surface area contributed by atoms with Crippen LogP contribution < -0.4 is 4.90 Å². The number of rotatable bonds is 4. The minimum atomic E-state index is -0.461. The zero-order valence-corrected chi connectivity index (χ0v) is 19.8. The molecule has 0 saturated heterocycles. The minimum Gasteiger partial charge on any atom is -0.289 e. The van der Waals surface area contributed by atoms with Crippen LogP contribution in [0.2, 0.25) is 15.1 Å². The van der Waals surface area contributed by atoms with Crippen LogP contribution in [0.15, 0.2) is 66.7 Å². The van der Waals surface area contributed by atoms with Gasteiger partial charge in [0.25, 0.3) is 17.7 Å². The van der Waals surface area contributed by atoms with Crippen molar-refractivity contribution in [1.82, 2.24) is 4.90 Å². The summed E-state index contributed by atoms with van der Waals surface area (Å²) in [5, 5.41) is 2.01. The molecule has 9 heteroatoms. The van der Waals surface area contributed by atoms with Gasteiger partial charge in [-0.25, -0.2) is 0 Å². The topological polar surface area (TPSA) is 57.7 Å². The fraction of sp³-hybridized carbons (Fsp3) is 0.0417. The van der Waals surface area contributed by atoms with E-state index in [9.17, 15) is 14.4 Å². The van der Waals surface area contributed by atoms with Crippen LogP contribution >= 0.6 is 46.1 Å². The number of thiophene rings is 1. The van der Waals surface area contributed by atoms with Gasteiger partial charge in [0.2, 0.25) is 0 Å². The number of hydrogen-bond donors (Lipinski definition) is 0. The van der Waals surface area contributed by atoms with Crippen molar-refractivity contribution in [3.8, 4) is 0 Å². The SMILES string of the molecule is O=C1c2ccccc2C(=O)N1CN(C(=O)c1sc2cc(Cl)ccc2c1Cl)c1ccc(Cl)cc1. The van der Waals surface area contributed by atoms with Crippen molar-refractivity contribution in [2.24, 2.45) is 0 Å². The summed E-state index contributed by atoms with van der Waals surface area (Å²) in [5.41, 5.74) is 1.08. The van der Waals surface area contributed by atoms with Gasteiger partial charge in [-0.1, -0.05) is 53.0 Å². The predicted octanol–water partition coefficient (Wildman–Crippen LogP) is 6.76. The largest absolute Gasteiger partial charge is 0.289 e. The molecule has 164 valence electrons.